The van der Waals surface area contributed by atoms with E-state index in [2.05, 4.69) is 10.3 Å². The van der Waals surface area contributed by atoms with Gasteiger partial charge in [0, 0.05) is 5.02 Å². The fourth-order valence-electron chi connectivity index (χ4n) is 1.94. The average molecular weight is 409 g/mol. The summed E-state index contributed by atoms with van der Waals surface area (Å²) in [5, 5.41) is 2.63. The number of carbonyl (C=O) groups excluding carboxylic acids is 1. The number of nitrogens with zero attached hydrogens (tertiary/aromatic N) is 1. The van der Waals surface area contributed by atoms with Crippen molar-refractivity contribution in [3.8, 4) is 0 Å². The van der Waals surface area contributed by atoms with Gasteiger partial charge in [0.1, 0.15) is 16.3 Å². The first-order valence-corrected chi connectivity index (χ1v) is 8.98. The van der Waals surface area contributed by atoms with Gasteiger partial charge in [0.15, 0.2) is 9.84 Å². The van der Waals surface area contributed by atoms with E-state index < -0.39 is 32.6 Å². The lowest BCUT2D eigenvalue weighted by Crippen LogP contribution is -2.44. The number of aromatic nitrogens is 1. The highest BCUT2D eigenvalue weighted by Gasteiger charge is 2.43. The van der Waals surface area contributed by atoms with Crippen LogP contribution in [0.4, 0.5) is 19.3 Å². The Kier molecular flexibility index (Phi) is 6.78. The second-order valence-corrected chi connectivity index (χ2v) is 8.61. The standard InChI is InChI=1S/C16H15ClF2N2O3S.FH/c1-16(2,25(23,24)11-8-6-10(17)7-9-11)15(22)21-13-5-3-4-12(20-13)14(18)19;/h3-9,14H,1-2H3,(H,20,21,22);1H. The van der Waals surface area contributed by atoms with Gasteiger partial charge in [-0.3, -0.25) is 9.50 Å². The van der Waals surface area contributed by atoms with Gasteiger partial charge in [-0.25, -0.2) is 22.2 Å². The molecule has 1 N–H and O–H groups in total. The maximum Gasteiger partial charge on any atom is 0.280 e. The Hall–Kier alpha value is -2.13. The Bertz CT molecular complexity index is 888. The molecule has 0 aliphatic heterocycles. The number of halogens is 4. The van der Waals surface area contributed by atoms with E-state index in [4.69, 9.17) is 11.6 Å². The number of pyridine rings is 1. The molecule has 142 valence electrons. The molecule has 0 bridgehead atoms. The predicted octanol–water partition coefficient (Wildman–Crippen LogP) is 4.02. The topological polar surface area (TPSA) is 76.1 Å². The van der Waals surface area contributed by atoms with Crippen molar-refractivity contribution < 1.29 is 26.7 Å². The number of hydrogen-bond acceptors (Lipinski definition) is 4. The van der Waals surface area contributed by atoms with Crippen molar-refractivity contribution in [1.82, 2.24) is 4.98 Å². The lowest BCUT2D eigenvalue weighted by atomic mass is 10.2. The second kappa shape index (κ2) is 8.05. The summed E-state index contributed by atoms with van der Waals surface area (Å²) in [7, 11) is -4.05. The van der Waals surface area contributed by atoms with E-state index in [1.54, 1.807) is 0 Å². The number of benzene rings is 1. The number of nitrogens with one attached hydrogen (secondary N) is 1. The van der Waals surface area contributed by atoms with Crippen molar-refractivity contribution >= 4 is 33.2 Å². The molecular weight excluding hydrogens is 393 g/mol. The van der Waals surface area contributed by atoms with E-state index in [0.29, 0.717) is 5.02 Å². The van der Waals surface area contributed by atoms with Gasteiger partial charge < -0.3 is 5.32 Å². The first-order chi connectivity index (χ1) is 11.6. The minimum absolute atomic E-state index is 0. The normalized spacial score (nSPS) is 11.8. The smallest absolute Gasteiger partial charge is 0.280 e. The van der Waals surface area contributed by atoms with Gasteiger partial charge in [0.2, 0.25) is 5.91 Å². The Morgan fingerprint density at radius 3 is 2.27 bits per heavy atom. The second-order valence-electron chi connectivity index (χ2n) is 5.67. The van der Waals surface area contributed by atoms with E-state index in [1.165, 1.54) is 50.2 Å². The average Bonchev–Trinajstić information content (AvgIpc) is 2.55. The van der Waals surface area contributed by atoms with Gasteiger partial charge in [0.05, 0.1) is 4.90 Å². The third-order valence-corrected chi connectivity index (χ3v) is 6.25. The van der Waals surface area contributed by atoms with Crippen molar-refractivity contribution in [1.29, 1.82) is 0 Å². The van der Waals surface area contributed by atoms with Gasteiger partial charge in [-0.15, -0.1) is 0 Å². The number of hydrogen-bond donors (Lipinski definition) is 1. The first-order valence-electron chi connectivity index (χ1n) is 7.12. The molecule has 2 rings (SSSR count). The lowest BCUT2D eigenvalue weighted by Gasteiger charge is -2.23. The number of anilines is 1. The minimum Gasteiger partial charge on any atom is -0.309 e. The Balaban J connectivity index is 0.00000338. The molecule has 0 spiro atoms. The zero-order chi connectivity index (χ0) is 18.8. The molecule has 0 atom stereocenters. The lowest BCUT2D eigenvalue weighted by molar-refractivity contribution is -0.117. The number of alkyl halides is 2. The summed E-state index contributed by atoms with van der Waals surface area (Å²) in [6, 6.07) is 9.09. The molecule has 26 heavy (non-hydrogen) atoms. The van der Waals surface area contributed by atoms with Gasteiger partial charge in [-0.2, -0.15) is 0 Å². The highest BCUT2D eigenvalue weighted by Crippen LogP contribution is 2.28. The van der Waals surface area contributed by atoms with Crippen LogP contribution in [0.25, 0.3) is 0 Å². The van der Waals surface area contributed by atoms with Gasteiger partial charge in [0.25, 0.3) is 6.43 Å². The van der Waals surface area contributed by atoms with Crippen LogP contribution >= 0.6 is 11.6 Å². The van der Waals surface area contributed by atoms with Crippen molar-refractivity contribution in [2.24, 2.45) is 0 Å². The Labute approximate surface area is 153 Å². The molecule has 0 fully saturated rings. The van der Waals surface area contributed by atoms with Crippen molar-refractivity contribution in [2.75, 3.05) is 5.32 Å². The van der Waals surface area contributed by atoms with Crippen molar-refractivity contribution in [3.05, 3.63) is 53.2 Å². The van der Waals surface area contributed by atoms with E-state index in [1.807, 2.05) is 0 Å². The van der Waals surface area contributed by atoms with Crippen LogP contribution in [0.2, 0.25) is 5.02 Å². The van der Waals surface area contributed by atoms with E-state index in [-0.39, 0.29) is 15.4 Å². The number of amides is 1. The van der Waals surface area contributed by atoms with Gasteiger partial charge in [-0.1, -0.05) is 17.7 Å². The SMILES string of the molecule is CC(C)(C(=O)Nc1cccc(C(F)F)n1)S(=O)(=O)c1ccc(Cl)cc1.F. The van der Waals surface area contributed by atoms with Crippen LogP contribution in [0, 0.1) is 0 Å². The molecule has 0 saturated carbocycles. The molecule has 1 aromatic carbocycles. The minimum atomic E-state index is -4.05. The molecule has 5 nitrogen and oxygen atoms in total. The molecule has 0 unspecified atom stereocenters. The van der Waals surface area contributed by atoms with Crippen LogP contribution in [0.3, 0.4) is 0 Å². The highest BCUT2D eigenvalue weighted by atomic mass is 35.5. The molecule has 1 heterocycles. The van der Waals surface area contributed by atoms with Crippen LogP contribution in [0.15, 0.2) is 47.4 Å². The molecule has 1 aromatic heterocycles. The first kappa shape index (κ1) is 21.9. The fourth-order valence-corrected chi connectivity index (χ4v) is 3.44. The van der Waals surface area contributed by atoms with Crippen LogP contribution in [-0.4, -0.2) is 24.1 Å². The molecule has 0 aliphatic rings. The van der Waals surface area contributed by atoms with Crippen LogP contribution in [-0.2, 0) is 14.6 Å². The van der Waals surface area contributed by atoms with E-state index in [0.717, 1.165) is 6.07 Å². The summed E-state index contributed by atoms with van der Waals surface area (Å²) in [5.41, 5.74) is -0.517. The molecule has 1 amide bonds. The largest absolute Gasteiger partial charge is 0.309 e. The van der Waals surface area contributed by atoms with Crippen LogP contribution in [0.1, 0.15) is 26.0 Å². The van der Waals surface area contributed by atoms with E-state index >= 15 is 0 Å². The number of carbonyl (C=O) groups is 1. The third kappa shape index (κ3) is 4.34. The quantitative estimate of drug-likeness (QED) is 0.810. The van der Waals surface area contributed by atoms with Crippen molar-refractivity contribution in [2.45, 2.75) is 29.9 Å². The predicted molar refractivity (Wildman–Crippen MR) is 93.0 cm³/mol. The molecule has 10 heteroatoms. The molecular formula is C16H16ClF3N2O3S. The molecule has 0 saturated heterocycles. The summed E-state index contributed by atoms with van der Waals surface area (Å²) in [5.74, 6) is -1.04. The maximum atomic E-state index is 12.7. The summed E-state index contributed by atoms with van der Waals surface area (Å²) in [4.78, 5) is 16.0. The van der Waals surface area contributed by atoms with Gasteiger partial charge >= 0.3 is 0 Å². The maximum absolute atomic E-state index is 12.7. The van der Waals surface area contributed by atoms with Gasteiger partial charge in [-0.05, 0) is 50.2 Å². The Morgan fingerprint density at radius 2 is 1.73 bits per heavy atom. The molecule has 2 aromatic rings. The Morgan fingerprint density at radius 1 is 1.15 bits per heavy atom. The zero-order valence-electron chi connectivity index (χ0n) is 13.7. The summed E-state index contributed by atoms with van der Waals surface area (Å²) in [6.07, 6.45) is -2.80. The van der Waals surface area contributed by atoms with E-state index in [9.17, 15) is 22.0 Å². The van der Waals surface area contributed by atoms with Crippen LogP contribution in [0.5, 0.6) is 0 Å². The monoisotopic (exact) mass is 408 g/mol. The molecule has 0 radical (unpaired) electrons. The third-order valence-electron chi connectivity index (χ3n) is 3.58. The zero-order valence-corrected chi connectivity index (χ0v) is 15.3. The molecule has 0 aliphatic carbocycles. The van der Waals surface area contributed by atoms with Crippen molar-refractivity contribution in [3.63, 3.8) is 0 Å². The fraction of sp³-hybridized carbons (Fsp3) is 0.250. The summed E-state index contributed by atoms with van der Waals surface area (Å²) >= 11 is 5.74. The summed E-state index contributed by atoms with van der Waals surface area (Å²) < 4.78 is 49.0. The number of sulfone groups is 1. The highest BCUT2D eigenvalue weighted by molar-refractivity contribution is 7.93. The number of rotatable bonds is 5. The van der Waals surface area contributed by atoms with Crippen LogP contribution < -0.4 is 5.32 Å². The summed E-state index contributed by atoms with van der Waals surface area (Å²) in [6.45, 7) is 2.45.